The molecule has 0 amide bonds. The van der Waals surface area contributed by atoms with Crippen LogP contribution in [-0.2, 0) is 0 Å². The van der Waals surface area contributed by atoms with Gasteiger partial charge < -0.3 is 10.6 Å². The van der Waals surface area contributed by atoms with Gasteiger partial charge in [-0.25, -0.2) is 0 Å². The summed E-state index contributed by atoms with van der Waals surface area (Å²) in [5.74, 6) is 2.35. The van der Waals surface area contributed by atoms with Crippen molar-refractivity contribution in [1.82, 2.24) is 4.90 Å². The van der Waals surface area contributed by atoms with Crippen LogP contribution in [0, 0.1) is 17.8 Å². The summed E-state index contributed by atoms with van der Waals surface area (Å²) in [5, 5.41) is 0. The predicted octanol–water partition coefficient (Wildman–Crippen LogP) is 3.30. The first-order chi connectivity index (χ1) is 9.00. The zero-order valence-corrected chi connectivity index (χ0v) is 12.7. The highest BCUT2D eigenvalue weighted by Crippen LogP contribution is 2.39. The third-order valence-corrected chi connectivity index (χ3v) is 4.54. The van der Waals surface area contributed by atoms with Crippen LogP contribution in [0.5, 0.6) is 0 Å². The number of nitrogens with zero attached hydrogens (tertiary/aromatic N) is 1. The molecule has 1 aromatic carbocycles. The summed E-state index contributed by atoms with van der Waals surface area (Å²) in [5.41, 5.74) is 7.78. The highest BCUT2D eigenvalue weighted by atomic mass is 15.2. The van der Waals surface area contributed by atoms with E-state index in [4.69, 9.17) is 5.73 Å². The Morgan fingerprint density at radius 2 is 1.84 bits per heavy atom. The van der Waals surface area contributed by atoms with Crippen LogP contribution in [0.25, 0.3) is 0 Å². The molecule has 1 aromatic rings. The van der Waals surface area contributed by atoms with Crippen molar-refractivity contribution in [2.24, 2.45) is 23.5 Å². The molecular formula is C17H28N2. The number of likely N-dealkylation sites (N-methyl/N-ethyl adjacent to an activating group) is 1. The van der Waals surface area contributed by atoms with Crippen molar-refractivity contribution < 1.29 is 0 Å². The molecule has 2 nitrogen and oxygen atoms in total. The monoisotopic (exact) mass is 260 g/mol. The Balaban J connectivity index is 2.06. The first-order valence-electron chi connectivity index (χ1n) is 7.51. The van der Waals surface area contributed by atoms with Crippen molar-refractivity contribution in [1.29, 1.82) is 0 Å². The quantitative estimate of drug-likeness (QED) is 0.850. The highest BCUT2D eigenvalue weighted by molar-refractivity contribution is 5.20. The fourth-order valence-corrected chi connectivity index (χ4v) is 3.22. The summed E-state index contributed by atoms with van der Waals surface area (Å²) in [6, 6.07) is 11.0. The van der Waals surface area contributed by atoms with Gasteiger partial charge >= 0.3 is 0 Å². The summed E-state index contributed by atoms with van der Waals surface area (Å²) in [6.45, 7) is 8.09. The Morgan fingerprint density at radius 1 is 1.26 bits per heavy atom. The number of rotatable bonds is 6. The third kappa shape index (κ3) is 3.58. The van der Waals surface area contributed by atoms with E-state index in [-0.39, 0.29) is 6.04 Å². The molecule has 0 bridgehead atoms. The Labute approximate surface area is 118 Å². The van der Waals surface area contributed by atoms with Crippen LogP contribution in [0.3, 0.4) is 0 Å². The Morgan fingerprint density at radius 3 is 2.32 bits per heavy atom. The number of hydrogen-bond acceptors (Lipinski definition) is 2. The second-order valence-corrected chi connectivity index (χ2v) is 6.58. The fourth-order valence-electron chi connectivity index (χ4n) is 3.22. The van der Waals surface area contributed by atoms with Gasteiger partial charge in [0.2, 0.25) is 0 Å². The van der Waals surface area contributed by atoms with E-state index in [0.29, 0.717) is 12.0 Å². The Bertz CT molecular complexity index is 388. The van der Waals surface area contributed by atoms with Gasteiger partial charge in [0.1, 0.15) is 0 Å². The lowest BCUT2D eigenvalue weighted by molar-refractivity contribution is 0.155. The molecule has 1 aliphatic carbocycles. The molecular weight excluding hydrogens is 232 g/mol. The molecule has 2 N–H and O–H groups in total. The van der Waals surface area contributed by atoms with Gasteiger partial charge in [0.05, 0.1) is 0 Å². The predicted molar refractivity (Wildman–Crippen MR) is 81.9 cm³/mol. The van der Waals surface area contributed by atoms with E-state index in [0.717, 1.165) is 11.8 Å². The first kappa shape index (κ1) is 14.5. The molecule has 2 rings (SSSR count). The first-order valence-corrected chi connectivity index (χ1v) is 7.51. The Kier molecular flexibility index (Phi) is 4.64. The van der Waals surface area contributed by atoms with Crippen molar-refractivity contribution in [3.05, 3.63) is 35.9 Å². The molecule has 106 valence electrons. The van der Waals surface area contributed by atoms with Gasteiger partial charge in [0.25, 0.3) is 0 Å². The van der Waals surface area contributed by atoms with E-state index >= 15 is 0 Å². The molecule has 2 heteroatoms. The molecule has 4 unspecified atom stereocenters. The van der Waals surface area contributed by atoms with Crippen LogP contribution < -0.4 is 5.73 Å². The van der Waals surface area contributed by atoms with E-state index < -0.39 is 0 Å². The lowest BCUT2D eigenvalue weighted by atomic mass is 9.90. The smallest absolute Gasteiger partial charge is 0.0455 e. The maximum atomic E-state index is 6.53. The topological polar surface area (TPSA) is 29.3 Å². The minimum absolute atomic E-state index is 0.0975. The summed E-state index contributed by atoms with van der Waals surface area (Å²) in [4.78, 5) is 2.48. The molecule has 0 radical (unpaired) electrons. The summed E-state index contributed by atoms with van der Waals surface area (Å²) in [6.07, 6.45) is 1.38. The largest absolute Gasteiger partial charge is 0.323 e. The van der Waals surface area contributed by atoms with Crippen LogP contribution in [0.15, 0.2) is 30.3 Å². The second kappa shape index (κ2) is 6.06. The SMILES string of the molecule is CC(C)C(C(N)c1ccccc1)N(C)CC1CC1C. The summed E-state index contributed by atoms with van der Waals surface area (Å²) < 4.78 is 0. The van der Waals surface area contributed by atoms with E-state index in [9.17, 15) is 0 Å². The normalized spacial score (nSPS) is 25.6. The van der Waals surface area contributed by atoms with E-state index in [1.54, 1.807) is 0 Å². The Hall–Kier alpha value is -0.860. The van der Waals surface area contributed by atoms with Gasteiger partial charge in [-0.1, -0.05) is 51.1 Å². The van der Waals surface area contributed by atoms with Crippen LogP contribution >= 0.6 is 0 Å². The van der Waals surface area contributed by atoms with Gasteiger partial charge in [-0.2, -0.15) is 0 Å². The van der Waals surface area contributed by atoms with E-state index in [1.165, 1.54) is 18.5 Å². The van der Waals surface area contributed by atoms with Crippen molar-refractivity contribution in [2.45, 2.75) is 39.3 Å². The van der Waals surface area contributed by atoms with Gasteiger partial charge in [0, 0.05) is 18.6 Å². The third-order valence-electron chi connectivity index (χ3n) is 4.54. The van der Waals surface area contributed by atoms with E-state index in [2.05, 4.69) is 63.1 Å². The molecule has 1 aliphatic rings. The maximum Gasteiger partial charge on any atom is 0.0455 e. The fraction of sp³-hybridized carbons (Fsp3) is 0.647. The van der Waals surface area contributed by atoms with Gasteiger partial charge in [-0.3, -0.25) is 0 Å². The molecule has 1 saturated carbocycles. The van der Waals surface area contributed by atoms with E-state index in [1.807, 2.05) is 0 Å². The second-order valence-electron chi connectivity index (χ2n) is 6.58. The molecule has 0 saturated heterocycles. The molecule has 0 heterocycles. The van der Waals surface area contributed by atoms with Gasteiger partial charge in [-0.15, -0.1) is 0 Å². The van der Waals surface area contributed by atoms with Crippen LogP contribution in [-0.4, -0.2) is 24.5 Å². The molecule has 1 fully saturated rings. The number of benzene rings is 1. The summed E-state index contributed by atoms with van der Waals surface area (Å²) in [7, 11) is 2.23. The average molecular weight is 260 g/mol. The van der Waals surface area contributed by atoms with Crippen molar-refractivity contribution in [3.8, 4) is 0 Å². The lowest BCUT2D eigenvalue weighted by Crippen LogP contribution is -2.45. The minimum Gasteiger partial charge on any atom is -0.323 e. The number of nitrogens with two attached hydrogens (primary N) is 1. The molecule has 0 aliphatic heterocycles. The van der Waals surface area contributed by atoms with Gasteiger partial charge in [0.15, 0.2) is 0 Å². The minimum atomic E-state index is 0.0975. The molecule has 19 heavy (non-hydrogen) atoms. The van der Waals surface area contributed by atoms with Crippen LogP contribution in [0.1, 0.15) is 38.8 Å². The van der Waals surface area contributed by atoms with Crippen LogP contribution in [0.2, 0.25) is 0 Å². The van der Waals surface area contributed by atoms with Crippen LogP contribution in [0.4, 0.5) is 0 Å². The lowest BCUT2D eigenvalue weighted by Gasteiger charge is -2.36. The van der Waals surface area contributed by atoms with Crippen molar-refractivity contribution in [2.75, 3.05) is 13.6 Å². The van der Waals surface area contributed by atoms with Crippen molar-refractivity contribution >= 4 is 0 Å². The molecule has 4 atom stereocenters. The van der Waals surface area contributed by atoms with Gasteiger partial charge in [-0.05, 0) is 36.8 Å². The molecule has 0 spiro atoms. The van der Waals surface area contributed by atoms with Crippen molar-refractivity contribution in [3.63, 3.8) is 0 Å². The standard InChI is InChI=1S/C17H28N2/c1-12(2)17(19(4)11-15-10-13(15)3)16(18)14-8-6-5-7-9-14/h5-9,12-13,15-17H,10-11,18H2,1-4H3. The average Bonchev–Trinajstić information content (AvgIpc) is 3.05. The highest BCUT2D eigenvalue weighted by Gasteiger charge is 2.36. The zero-order valence-electron chi connectivity index (χ0n) is 12.7. The number of hydrogen-bond donors (Lipinski definition) is 1. The zero-order chi connectivity index (χ0) is 14.0. The summed E-state index contributed by atoms with van der Waals surface area (Å²) >= 11 is 0. The molecule has 0 aromatic heterocycles. The maximum absolute atomic E-state index is 6.53.